The predicted octanol–water partition coefficient (Wildman–Crippen LogP) is 3.27. The lowest BCUT2D eigenvalue weighted by Gasteiger charge is -2.23. The Hall–Kier alpha value is -0.730. The highest BCUT2D eigenvalue weighted by Crippen LogP contribution is 2.33. The first-order chi connectivity index (χ1) is 7.61. The molecule has 0 spiro atoms. The van der Waals surface area contributed by atoms with Crippen LogP contribution in [0, 0.1) is 5.92 Å². The molecule has 0 N–H and O–H groups in total. The normalized spacial score (nSPS) is 19.1. The average Bonchev–Trinajstić information content (AvgIpc) is 2.27. The van der Waals surface area contributed by atoms with Gasteiger partial charge in [0.25, 0.3) is 0 Å². The zero-order chi connectivity index (χ0) is 11.7. The van der Waals surface area contributed by atoms with Crippen LogP contribution in [0.25, 0.3) is 0 Å². The van der Waals surface area contributed by atoms with E-state index in [-0.39, 0.29) is 11.9 Å². The summed E-state index contributed by atoms with van der Waals surface area (Å²) in [7, 11) is 1.42. The van der Waals surface area contributed by atoms with E-state index in [1.807, 2.05) is 6.07 Å². The summed E-state index contributed by atoms with van der Waals surface area (Å²) in [5.41, 5.74) is 2.19. The number of methoxy groups -OCH3 is 1. The Kier molecular flexibility index (Phi) is 3.41. The van der Waals surface area contributed by atoms with E-state index < -0.39 is 0 Å². The number of hydrogen-bond donors (Lipinski definition) is 0. The highest BCUT2D eigenvalue weighted by Gasteiger charge is 2.26. The Labute approximate surface area is 104 Å². The molecule has 0 saturated heterocycles. The van der Waals surface area contributed by atoms with Crippen molar-refractivity contribution >= 4 is 29.2 Å². The lowest BCUT2D eigenvalue weighted by molar-refractivity contribution is -0.145. The zero-order valence-electron chi connectivity index (χ0n) is 8.93. The number of carbonyl (C=O) groups excluding carboxylic acids is 1. The lowest BCUT2D eigenvalue weighted by atomic mass is 9.84. The van der Waals surface area contributed by atoms with E-state index in [2.05, 4.69) is 0 Å². The van der Waals surface area contributed by atoms with Crippen LogP contribution in [0.4, 0.5) is 0 Å². The van der Waals surface area contributed by atoms with Crippen LogP contribution in [-0.2, 0) is 22.4 Å². The number of benzene rings is 1. The molecule has 86 valence electrons. The maximum Gasteiger partial charge on any atom is 0.309 e. The molecule has 1 atom stereocenters. The van der Waals surface area contributed by atoms with Crippen LogP contribution in [0.2, 0.25) is 10.0 Å². The van der Waals surface area contributed by atoms with E-state index >= 15 is 0 Å². The minimum Gasteiger partial charge on any atom is -0.469 e. The summed E-state index contributed by atoms with van der Waals surface area (Å²) < 4.78 is 4.76. The Balaban J connectivity index is 2.30. The van der Waals surface area contributed by atoms with Gasteiger partial charge in [0.05, 0.1) is 13.0 Å². The molecule has 1 unspecified atom stereocenters. The van der Waals surface area contributed by atoms with Crippen LogP contribution >= 0.6 is 23.2 Å². The SMILES string of the molecule is COC(=O)C1CCc2cc(Cl)cc(Cl)c2C1. The summed E-state index contributed by atoms with van der Waals surface area (Å²) in [6.07, 6.45) is 2.28. The average molecular weight is 259 g/mol. The molecule has 0 saturated carbocycles. The summed E-state index contributed by atoms with van der Waals surface area (Å²) >= 11 is 12.1. The highest BCUT2D eigenvalue weighted by molar-refractivity contribution is 6.35. The number of halogens is 2. The molecule has 2 rings (SSSR count). The summed E-state index contributed by atoms with van der Waals surface area (Å²) in [4.78, 5) is 11.5. The number of ether oxygens (including phenoxy) is 1. The van der Waals surface area contributed by atoms with Crippen molar-refractivity contribution in [3.05, 3.63) is 33.3 Å². The molecule has 0 aliphatic heterocycles. The first kappa shape index (κ1) is 11.7. The first-order valence-corrected chi connectivity index (χ1v) is 5.92. The number of hydrogen-bond acceptors (Lipinski definition) is 2. The number of fused-ring (bicyclic) bond motifs is 1. The largest absolute Gasteiger partial charge is 0.469 e. The molecule has 0 fully saturated rings. The fourth-order valence-corrected chi connectivity index (χ4v) is 2.77. The third-order valence-electron chi connectivity index (χ3n) is 3.00. The predicted molar refractivity (Wildman–Crippen MR) is 64.0 cm³/mol. The van der Waals surface area contributed by atoms with E-state index in [4.69, 9.17) is 27.9 Å². The van der Waals surface area contributed by atoms with Crippen molar-refractivity contribution in [2.45, 2.75) is 19.3 Å². The summed E-state index contributed by atoms with van der Waals surface area (Å²) in [6, 6.07) is 3.65. The third kappa shape index (κ3) is 2.18. The van der Waals surface area contributed by atoms with E-state index in [0.717, 1.165) is 24.0 Å². The summed E-state index contributed by atoms with van der Waals surface area (Å²) in [5, 5.41) is 1.30. The molecule has 16 heavy (non-hydrogen) atoms. The van der Waals surface area contributed by atoms with Gasteiger partial charge in [-0.2, -0.15) is 0 Å². The lowest BCUT2D eigenvalue weighted by Crippen LogP contribution is -2.24. The van der Waals surface area contributed by atoms with Gasteiger partial charge >= 0.3 is 5.97 Å². The summed E-state index contributed by atoms with van der Waals surface area (Å²) in [5.74, 6) is -0.229. The third-order valence-corrected chi connectivity index (χ3v) is 3.56. The number of aryl methyl sites for hydroxylation is 1. The maximum atomic E-state index is 11.5. The van der Waals surface area contributed by atoms with Gasteiger partial charge in [-0.25, -0.2) is 0 Å². The molecule has 1 aromatic carbocycles. The molecular formula is C12H12Cl2O2. The Morgan fingerprint density at radius 3 is 2.88 bits per heavy atom. The van der Waals surface area contributed by atoms with Crippen molar-refractivity contribution in [2.24, 2.45) is 5.92 Å². The van der Waals surface area contributed by atoms with Gasteiger partial charge in [0.2, 0.25) is 0 Å². The molecule has 1 aromatic rings. The van der Waals surface area contributed by atoms with Crippen molar-refractivity contribution in [1.82, 2.24) is 0 Å². The molecule has 0 amide bonds. The van der Waals surface area contributed by atoms with Crippen LogP contribution in [0.1, 0.15) is 17.5 Å². The molecule has 2 nitrogen and oxygen atoms in total. The first-order valence-electron chi connectivity index (χ1n) is 5.16. The molecule has 0 radical (unpaired) electrons. The highest BCUT2D eigenvalue weighted by atomic mass is 35.5. The second-order valence-corrected chi connectivity index (χ2v) is 4.83. The molecule has 0 aromatic heterocycles. The van der Waals surface area contributed by atoms with Gasteiger partial charge in [0.1, 0.15) is 0 Å². The van der Waals surface area contributed by atoms with Gasteiger partial charge in [-0.3, -0.25) is 4.79 Å². The second kappa shape index (κ2) is 4.64. The second-order valence-electron chi connectivity index (χ2n) is 3.99. The van der Waals surface area contributed by atoms with Gasteiger partial charge in [-0.15, -0.1) is 0 Å². The minimum absolute atomic E-state index is 0.0730. The molecule has 1 aliphatic carbocycles. The molecule has 1 aliphatic rings. The van der Waals surface area contributed by atoms with E-state index in [0.29, 0.717) is 16.5 Å². The van der Waals surface area contributed by atoms with Crippen molar-refractivity contribution < 1.29 is 9.53 Å². The van der Waals surface area contributed by atoms with Crippen molar-refractivity contribution in [3.8, 4) is 0 Å². The van der Waals surface area contributed by atoms with Crippen LogP contribution in [0.15, 0.2) is 12.1 Å². The number of rotatable bonds is 1. The maximum absolute atomic E-state index is 11.5. The topological polar surface area (TPSA) is 26.3 Å². The monoisotopic (exact) mass is 258 g/mol. The molecule has 0 bridgehead atoms. The van der Waals surface area contributed by atoms with Gasteiger partial charge < -0.3 is 4.74 Å². The van der Waals surface area contributed by atoms with Crippen molar-refractivity contribution in [3.63, 3.8) is 0 Å². The van der Waals surface area contributed by atoms with E-state index in [1.165, 1.54) is 7.11 Å². The van der Waals surface area contributed by atoms with Gasteiger partial charge in [-0.1, -0.05) is 23.2 Å². The molecule has 4 heteroatoms. The van der Waals surface area contributed by atoms with E-state index in [1.54, 1.807) is 6.07 Å². The van der Waals surface area contributed by atoms with Crippen LogP contribution < -0.4 is 0 Å². The number of carbonyl (C=O) groups is 1. The van der Waals surface area contributed by atoms with E-state index in [9.17, 15) is 4.79 Å². The van der Waals surface area contributed by atoms with Crippen molar-refractivity contribution in [1.29, 1.82) is 0 Å². The summed E-state index contributed by atoms with van der Waals surface area (Å²) in [6.45, 7) is 0. The molecule has 0 heterocycles. The standard InChI is InChI=1S/C12H12Cl2O2/c1-16-12(15)8-3-2-7-4-9(13)6-11(14)10(7)5-8/h4,6,8H,2-3,5H2,1H3. The number of esters is 1. The zero-order valence-corrected chi connectivity index (χ0v) is 10.4. The quantitative estimate of drug-likeness (QED) is 0.723. The Bertz CT molecular complexity index is 429. The van der Waals surface area contributed by atoms with Crippen LogP contribution in [0.5, 0.6) is 0 Å². The van der Waals surface area contributed by atoms with Gasteiger partial charge in [0, 0.05) is 10.0 Å². The fraction of sp³-hybridized carbons (Fsp3) is 0.417. The van der Waals surface area contributed by atoms with Crippen molar-refractivity contribution in [2.75, 3.05) is 7.11 Å². The fourth-order valence-electron chi connectivity index (χ4n) is 2.15. The Morgan fingerprint density at radius 2 is 2.19 bits per heavy atom. The Morgan fingerprint density at radius 1 is 1.44 bits per heavy atom. The van der Waals surface area contributed by atoms with Gasteiger partial charge in [0.15, 0.2) is 0 Å². The van der Waals surface area contributed by atoms with Crippen LogP contribution in [-0.4, -0.2) is 13.1 Å². The van der Waals surface area contributed by atoms with Gasteiger partial charge in [-0.05, 0) is 42.5 Å². The molecular weight excluding hydrogens is 247 g/mol. The smallest absolute Gasteiger partial charge is 0.309 e. The minimum atomic E-state index is -0.156. The van der Waals surface area contributed by atoms with Crippen LogP contribution in [0.3, 0.4) is 0 Å².